The Hall–Kier alpha value is -1.79. The van der Waals surface area contributed by atoms with Crippen LogP contribution in [0.1, 0.15) is 17.3 Å². The summed E-state index contributed by atoms with van der Waals surface area (Å²) in [4.78, 5) is 18.3. The molecule has 0 aliphatic heterocycles. The van der Waals surface area contributed by atoms with Crippen molar-refractivity contribution in [3.63, 3.8) is 0 Å². The predicted molar refractivity (Wildman–Crippen MR) is 80.2 cm³/mol. The molecular formula is C14H17N3O2S. The van der Waals surface area contributed by atoms with Gasteiger partial charge in [0.25, 0.3) is 5.56 Å². The summed E-state index contributed by atoms with van der Waals surface area (Å²) < 4.78 is 5.11. The van der Waals surface area contributed by atoms with Crippen LogP contribution < -0.4 is 16.0 Å². The van der Waals surface area contributed by atoms with E-state index in [0.717, 1.165) is 11.3 Å². The molecule has 3 N–H and O–H groups in total. The second-order valence-corrected chi connectivity index (χ2v) is 5.39. The third-order valence-corrected chi connectivity index (χ3v) is 3.78. The van der Waals surface area contributed by atoms with Crippen molar-refractivity contribution in [2.75, 3.05) is 12.9 Å². The maximum absolute atomic E-state index is 11.3. The van der Waals surface area contributed by atoms with E-state index in [1.165, 1.54) is 17.8 Å². The van der Waals surface area contributed by atoms with Crippen LogP contribution in [0.4, 0.5) is 0 Å². The number of benzene rings is 1. The van der Waals surface area contributed by atoms with Gasteiger partial charge in [-0.25, -0.2) is 4.98 Å². The summed E-state index contributed by atoms with van der Waals surface area (Å²) >= 11 is 1.44. The van der Waals surface area contributed by atoms with Crippen LogP contribution >= 0.6 is 11.8 Å². The summed E-state index contributed by atoms with van der Waals surface area (Å²) in [5, 5.41) is 0.596. The van der Waals surface area contributed by atoms with Gasteiger partial charge in [0.1, 0.15) is 5.75 Å². The lowest BCUT2D eigenvalue weighted by Crippen LogP contribution is -2.14. The fourth-order valence-electron chi connectivity index (χ4n) is 1.74. The Labute approximate surface area is 121 Å². The van der Waals surface area contributed by atoms with E-state index in [0.29, 0.717) is 16.6 Å². The molecule has 0 saturated carbocycles. The Balaban J connectivity index is 2.00. The van der Waals surface area contributed by atoms with Gasteiger partial charge in [0.2, 0.25) is 0 Å². The maximum atomic E-state index is 11.3. The molecule has 2 aromatic rings. The van der Waals surface area contributed by atoms with Gasteiger partial charge in [-0.2, -0.15) is 0 Å². The van der Waals surface area contributed by atoms with Crippen molar-refractivity contribution in [3.8, 4) is 5.75 Å². The van der Waals surface area contributed by atoms with Crippen LogP contribution in [-0.4, -0.2) is 22.8 Å². The van der Waals surface area contributed by atoms with Gasteiger partial charge in [-0.3, -0.25) is 4.79 Å². The van der Waals surface area contributed by atoms with Crippen LogP contribution in [0.3, 0.4) is 0 Å². The SMILES string of the molecule is COc1ccc(C(N)CSc2nc(C)cc(=O)[nH]2)cc1. The first-order valence-corrected chi connectivity index (χ1v) is 7.17. The molecule has 1 unspecified atom stereocenters. The maximum Gasteiger partial charge on any atom is 0.251 e. The van der Waals surface area contributed by atoms with Gasteiger partial charge in [-0.05, 0) is 24.6 Å². The van der Waals surface area contributed by atoms with E-state index >= 15 is 0 Å². The number of hydrogen-bond acceptors (Lipinski definition) is 5. The van der Waals surface area contributed by atoms with E-state index in [9.17, 15) is 4.79 Å². The van der Waals surface area contributed by atoms with Crippen LogP contribution in [-0.2, 0) is 0 Å². The molecule has 0 radical (unpaired) electrons. The summed E-state index contributed by atoms with van der Waals surface area (Å²) in [5.41, 5.74) is 7.71. The minimum atomic E-state index is -0.141. The normalized spacial score (nSPS) is 12.2. The number of aromatic nitrogens is 2. The van der Waals surface area contributed by atoms with E-state index in [4.69, 9.17) is 10.5 Å². The second-order valence-electron chi connectivity index (χ2n) is 4.38. The predicted octanol–water partition coefficient (Wildman–Crippen LogP) is 1.88. The molecule has 1 heterocycles. The van der Waals surface area contributed by atoms with Crippen molar-refractivity contribution >= 4 is 11.8 Å². The highest BCUT2D eigenvalue weighted by atomic mass is 32.2. The molecule has 6 heteroatoms. The topological polar surface area (TPSA) is 81.0 Å². The largest absolute Gasteiger partial charge is 0.497 e. The summed E-state index contributed by atoms with van der Waals surface area (Å²) in [5.74, 6) is 1.44. The molecule has 0 saturated heterocycles. The van der Waals surface area contributed by atoms with Crippen molar-refractivity contribution in [2.45, 2.75) is 18.1 Å². The number of ether oxygens (including phenoxy) is 1. The number of hydrogen-bond donors (Lipinski definition) is 2. The molecule has 0 spiro atoms. The first-order valence-electron chi connectivity index (χ1n) is 6.19. The standard InChI is InChI=1S/C14H17N3O2S/c1-9-7-13(18)17-14(16-9)20-8-12(15)10-3-5-11(19-2)6-4-10/h3-7,12H,8,15H2,1-2H3,(H,16,17,18). The zero-order valence-electron chi connectivity index (χ0n) is 11.4. The molecule has 2 rings (SSSR count). The molecule has 106 valence electrons. The third kappa shape index (κ3) is 3.85. The first kappa shape index (κ1) is 14.6. The van der Waals surface area contributed by atoms with Gasteiger partial charge in [0.05, 0.1) is 7.11 Å². The van der Waals surface area contributed by atoms with E-state index in [2.05, 4.69) is 9.97 Å². The van der Waals surface area contributed by atoms with Crippen LogP contribution in [0.5, 0.6) is 5.75 Å². The van der Waals surface area contributed by atoms with Crippen molar-refractivity contribution in [1.82, 2.24) is 9.97 Å². The number of aryl methyl sites for hydroxylation is 1. The van der Waals surface area contributed by atoms with Gasteiger partial charge in [-0.1, -0.05) is 23.9 Å². The molecule has 1 atom stereocenters. The van der Waals surface area contributed by atoms with Crippen LogP contribution in [0.25, 0.3) is 0 Å². The fraction of sp³-hybridized carbons (Fsp3) is 0.286. The van der Waals surface area contributed by atoms with Gasteiger partial charge < -0.3 is 15.5 Å². The van der Waals surface area contributed by atoms with E-state index < -0.39 is 0 Å². The molecule has 20 heavy (non-hydrogen) atoms. The molecule has 1 aromatic carbocycles. The van der Waals surface area contributed by atoms with E-state index in [-0.39, 0.29) is 11.6 Å². The lowest BCUT2D eigenvalue weighted by Gasteiger charge is -2.12. The monoisotopic (exact) mass is 291 g/mol. The average Bonchev–Trinajstić information content (AvgIpc) is 2.44. The highest BCUT2D eigenvalue weighted by Crippen LogP contribution is 2.21. The Morgan fingerprint density at radius 1 is 1.40 bits per heavy atom. The van der Waals surface area contributed by atoms with E-state index in [1.807, 2.05) is 24.3 Å². The van der Waals surface area contributed by atoms with Crippen molar-refractivity contribution in [2.24, 2.45) is 5.73 Å². The van der Waals surface area contributed by atoms with Crippen LogP contribution in [0.2, 0.25) is 0 Å². The molecule has 0 bridgehead atoms. The number of rotatable bonds is 5. The minimum Gasteiger partial charge on any atom is -0.497 e. The molecule has 0 aliphatic carbocycles. The molecule has 0 aliphatic rings. The third-order valence-electron chi connectivity index (χ3n) is 2.79. The van der Waals surface area contributed by atoms with Gasteiger partial charge in [0.15, 0.2) is 5.16 Å². The van der Waals surface area contributed by atoms with Gasteiger partial charge in [0, 0.05) is 23.6 Å². The molecule has 5 nitrogen and oxygen atoms in total. The minimum absolute atomic E-state index is 0.128. The molecular weight excluding hydrogens is 274 g/mol. The second kappa shape index (κ2) is 6.58. The Bertz CT molecular complexity index is 625. The number of thioether (sulfide) groups is 1. The lowest BCUT2D eigenvalue weighted by atomic mass is 10.1. The Morgan fingerprint density at radius 2 is 2.10 bits per heavy atom. The van der Waals surface area contributed by atoms with Crippen molar-refractivity contribution < 1.29 is 4.74 Å². The zero-order chi connectivity index (χ0) is 14.5. The smallest absolute Gasteiger partial charge is 0.251 e. The van der Waals surface area contributed by atoms with E-state index in [1.54, 1.807) is 14.0 Å². The Kier molecular flexibility index (Phi) is 4.81. The first-order chi connectivity index (χ1) is 9.58. The number of methoxy groups -OCH3 is 1. The number of H-pyrrole nitrogens is 1. The molecule has 1 aromatic heterocycles. The summed E-state index contributed by atoms with van der Waals surface area (Å²) in [6.45, 7) is 1.79. The zero-order valence-corrected chi connectivity index (χ0v) is 12.2. The number of nitrogens with two attached hydrogens (primary N) is 1. The summed E-state index contributed by atoms with van der Waals surface area (Å²) in [6, 6.07) is 8.98. The molecule has 0 amide bonds. The Morgan fingerprint density at radius 3 is 2.70 bits per heavy atom. The van der Waals surface area contributed by atoms with Crippen molar-refractivity contribution in [3.05, 3.63) is 51.9 Å². The average molecular weight is 291 g/mol. The van der Waals surface area contributed by atoms with Crippen LogP contribution in [0, 0.1) is 6.92 Å². The van der Waals surface area contributed by atoms with Crippen LogP contribution in [0.15, 0.2) is 40.3 Å². The highest BCUT2D eigenvalue weighted by Gasteiger charge is 2.08. The number of nitrogens with one attached hydrogen (secondary N) is 1. The molecule has 0 fully saturated rings. The summed E-state index contributed by atoms with van der Waals surface area (Å²) in [7, 11) is 1.63. The van der Waals surface area contributed by atoms with Gasteiger partial charge in [-0.15, -0.1) is 0 Å². The lowest BCUT2D eigenvalue weighted by molar-refractivity contribution is 0.414. The van der Waals surface area contributed by atoms with Gasteiger partial charge >= 0.3 is 0 Å². The summed E-state index contributed by atoms with van der Waals surface area (Å²) in [6.07, 6.45) is 0. The fourth-order valence-corrected chi connectivity index (χ4v) is 2.65. The highest BCUT2D eigenvalue weighted by molar-refractivity contribution is 7.99. The van der Waals surface area contributed by atoms with Crippen molar-refractivity contribution in [1.29, 1.82) is 0 Å². The number of aromatic amines is 1. The number of nitrogens with zero attached hydrogens (tertiary/aromatic N) is 1. The quantitative estimate of drug-likeness (QED) is 0.649.